The van der Waals surface area contributed by atoms with E-state index in [1.807, 2.05) is 0 Å². The number of hydrogen-bond acceptors (Lipinski definition) is 6. The molecule has 0 radical (unpaired) electrons. The summed E-state index contributed by atoms with van der Waals surface area (Å²) in [5.41, 5.74) is 0. The van der Waals surface area contributed by atoms with Crippen LogP contribution in [0.1, 0.15) is 40.0 Å². The summed E-state index contributed by atoms with van der Waals surface area (Å²) in [5.74, 6) is 1.53. The van der Waals surface area contributed by atoms with E-state index in [-0.39, 0.29) is 42.5 Å². The number of unbranched alkanes of at least 4 members (excludes halogenated alkanes) is 4. The molecular formula is C10H23NaO6S4. The second-order valence-corrected chi connectivity index (χ2v) is 10.2. The predicted octanol–water partition coefficient (Wildman–Crippen LogP) is -0.399. The zero-order valence-electron chi connectivity index (χ0n) is 13.2. The molecule has 0 aliphatic heterocycles. The van der Waals surface area contributed by atoms with Crippen molar-refractivity contribution >= 4 is 41.8 Å². The molecule has 2 N–H and O–H groups in total. The Kier molecular flexibility index (Phi) is 16.4. The first-order valence-electron chi connectivity index (χ1n) is 6.35. The summed E-state index contributed by atoms with van der Waals surface area (Å²) < 4.78 is 58.8. The van der Waals surface area contributed by atoms with Gasteiger partial charge < -0.3 is 1.43 Å². The van der Waals surface area contributed by atoms with Gasteiger partial charge in [-0.1, -0.05) is 34.4 Å². The van der Waals surface area contributed by atoms with E-state index in [9.17, 15) is 16.8 Å². The summed E-state index contributed by atoms with van der Waals surface area (Å²) in [6.07, 6.45) is 4.36. The van der Waals surface area contributed by atoms with E-state index in [4.69, 9.17) is 9.11 Å². The monoisotopic (exact) mass is 390 g/mol. The van der Waals surface area contributed by atoms with Gasteiger partial charge in [0.1, 0.15) is 0 Å². The SMILES string of the molecule is O=S(=O)(O)CCCCCSSCCCCCS(=O)(=O)O.[H-].[Na+]. The average molecular weight is 391 g/mol. The molecule has 0 aliphatic rings. The molecule has 0 saturated carbocycles. The molecule has 0 aromatic heterocycles. The molecule has 124 valence electrons. The third-order valence-corrected chi connectivity index (χ3v) is 6.53. The van der Waals surface area contributed by atoms with Gasteiger partial charge >= 0.3 is 29.6 Å². The second-order valence-electron chi connectivity index (χ2n) is 4.34. The van der Waals surface area contributed by atoms with Crippen molar-refractivity contribution in [2.24, 2.45) is 0 Å². The minimum atomic E-state index is -3.82. The Bertz CT molecular complexity index is 400. The molecule has 0 fully saturated rings. The number of rotatable bonds is 13. The van der Waals surface area contributed by atoms with Crippen LogP contribution < -0.4 is 29.6 Å². The van der Waals surface area contributed by atoms with Crippen LogP contribution in [0.15, 0.2) is 0 Å². The minimum Gasteiger partial charge on any atom is -1.00 e. The predicted molar refractivity (Wildman–Crippen MR) is 86.6 cm³/mol. The van der Waals surface area contributed by atoms with Crippen LogP contribution in [0.4, 0.5) is 0 Å². The fourth-order valence-corrected chi connectivity index (χ4v) is 4.79. The van der Waals surface area contributed by atoms with Crippen LogP contribution in [0.25, 0.3) is 0 Å². The third kappa shape index (κ3) is 23.9. The van der Waals surface area contributed by atoms with Crippen molar-refractivity contribution in [3.05, 3.63) is 0 Å². The summed E-state index contributed by atoms with van der Waals surface area (Å²) in [7, 11) is -4.21. The summed E-state index contributed by atoms with van der Waals surface area (Å²) in [6, 6.07) is 0. The maximum absolute atomic E-state index is 10.4. The molecule has 0 atom stereocenters. The Morgan fingerprint density at radius 2 is 1.00 bits per heavy atom. The van der Waals surface area contributed by atoms with Crippen molar-refractivity contribution in [2.75, 3.05) is 23.0 Å². The van der Waals surface area contributed by atoms with Gasteiger partial charge in [-0.15, -0.1) is 0 Å². The average Bonchev–Trinajstić information content (AvgIpc) is 2.27. The van der Waals surface area contributed by atoms with Crippen LogP contribution in [0.5, 0.6) is 0 Å². The van der Waals surface area contributed by atoms with Gasteiger partial charge in [0.15, 0.2) is 0 Å². The van der Waals surface area contributed by atoms with Crippen molar-refractivity contribution in [1.82, 2.24) is 0 Å². The number of hydrogen-bond donors (Lipinski definition) is 2. The molecule has 0 aliphatic carbocycles. The molecule has 0 unspecified atom stereocenters. The molecule has 0 amide bonds. The van der Waals surface area contributed by atoms with E-state index in [0.717, 1.165) is 37.2 Å². The van der Waals surface area contributed by atoms with Crippen LogP contribution in [0.3, 0.4) is 0 Å². The Labute approximate surface area is 159 Å². The van der Waals surface area contributed by atoms with Crippen LogP contribution >= 0.6 is 21.6 Å². The van der Waals surface area contributed by atoms with Crippen LogP contribution in [-0.4, -0.2) is 49.0 Å². The quantitative estimate of drug-likeness (QED) is 0.189. The molecule has 0 spiro atoms. The van der Waals surface area contributed by atoms with Crippen molar-refractivity contribution in [2.45, 2.75) is 38.5 Å². The fourth-order valence-electron chi connectivity index (χ4n) is 1.36. The standard InChI is InChI=1S/C10H22O6S4.Na.H/c11-19(12,13)9-5-1-3-7-17-18-8-4-2-6-10-20(14,15)16;;/h1-10H2,(H,11,12,13)(H,14,15,16);;/q;+1;-1. The van der Waals surface area contributed by atoms with E-state index >= 15 is 0 Å². The van der Waals surface area contributed by atoms with Gasteiger partial charge in [0.05, 0.1) is 11.5 Å². The van der Waals surface area contributed by atoms with Crippen LogP contribution in [0.2, 0.25) is 0 Å². The van der Waals surface area contributed by atoms with E-state index in [1.54, 1.807) is 21.6 Å². The third-order valence-electron chi connectivity index (χ3n) is 2.34. The zero-order valence-corrected chi connectivity index (χ0v) is 17.5. The first kappa shape index (κ1) is 24.8. The van der Waals surface area contributed by atoms with E-state index in [0.29, 0.717) is 12.8 Å². The van der Waals surface area contributed by atoms with Gasteiger partial charge in [-0.05, 0) is 25.7 Å². The van der Waals surface area contributed by atoms with Gasteiger partial charge in [0, 0.05) is 11.5 Å². The molecule has 0 rings (SSSR count). The molecular weight excluding hydrogens is 367 g/mol. The van der Waals surface area contributed by atoms with Gasteiger partial charge in [-0.3, -0.25) is 9.11 Å². The molecule has 0 saturated heterocycles. The Morgan fingerprint density at radius 3 is 1.29 bits per heavy atom. The van der Waals surface area contributed by atoms with Crippen molar-refractivity contribution in [3.8, 4) is 0 Å². The van der Waals surface area contributed by atoms with Gasteiger partial charge in [-0.25, -0.2) is 0 Å². The maximum Gasteiger partial charge on any atom is 1.00 e. The second kappa shape index (κ2) is 13.9. The smallest absolute Gasteiger partial charge is 1.00 e. The van der Waals surface area contributed by atoms with Crippen molar-refractivity contribution in [1.29, 1.82) is 0 Å². The Hall–Kier alpha value is 1.52. The summed E-state index contributed by atoms with van der Waals surface area (Å²) >= 11 is 0. The largest absolute Gasteiger partial charge is 1.00 e. The van der Waals surface area contributed by atoms with Crippen molar-refractivity contribution < 1.29 is 56.9 Å². The van der Waals surface area contributed by atoms with Crippen molar-refractivity contribution in [3.63, 3.8) is 0 Å². The molecule has 0 aromatic carbocycles. The topological polar surface area (TPSA) is 109 Å². The molecule has 0 bridgehead atoms. The zero-order chi connectivity index (χ0) is 15.5. The first-order valence-corrected chi connectivity index (χ1v) is 12.1. The summed E-state index contributed by atoms with van der Waals surface area (Å²) in [4.78, 5) is 0. The van der Waals surface area contributed by atoms with Gasteiger partial charge in [-0.2, -0.15) is 16.8 Å². The normalized spacial score (nSPS) is 12.1. The molecule has 6 nitrogen and oxygen atoms in total. The van der Waals surface area contributed by atoms with E-state index in [2.05, 4.69) is 0 Å². The van der Waals surface area contributed by atoms with Gasteiger partial charge in [0.25, 0.3) is 20.2 Å². The first-order chi connectivity index (χ1) is 9.21. The minimum absolute atomic E-state index is 0. The Morgan fingerprint density at radius 1 is 0.667 bits per heavy atom. The summed E-state index contributed by atoms with van der Waals surface area (Å²) in [6.45, 7) is 0. The van der Waals surface area contributed by atoms with E-state index in [1.165, 1.54) is 0 Å². The Balaban J connectivity index is -0.00000180. The van der Waals surface area contributed by atoms with E-state index < -0.39 is 20.2 Å². The molecule has 0 heterocycles. The fraction of sp³-hybridized carbons (Fsp3) is 1.00. The molecule has 21 heavy (non-hydrogen) atoms. The molecule has 11 heteroatoms. The van der Waals surface area contributed by atoms with Crippen LogP contribution in [-0.2, 0) is 20.2 Å². The van der Waals surface area contributed by atoms with Crippen LogP contribution in [0, 0.1) is 0 Å². The van der Waals surface area contributed by atoms with Gasteiger partial charge in [0.2, 0.25) is 0 Å². The summed E-state index contributed by atoms with van der Waals surface area (Å²) in [5, 5.41) is 0. The maximum atomic E-state index is 10.4. The molecule has 0 aromatic rings.